The number of para-hydroxylation sites is 1. The highest BCUT2D eigenvalue weighted by Gasteiger charge is 2.21. The zero-order valence-electron chi connectivity index (χ0n) is 18.9. The Hall–Kier alpha value is -3.57. The van der Waals surface area contributed by atoms with Crippen LogP contribution in [0.3, 0.4) is 0 Å². The summed E-state index contributed by atoms with van der Waals surface area (Å²) in [6, 6.07) is 12.1. The molecule has 11 heteroatoms. The van der Waals surface area contributed by atoms with Crippen LogP contribution in [0.15, 0.2) is 56.4 Å². The Morgan fingerprint density at radius 1 is 1.12 bits per heavy atom. The minimum absolute atomic E-state index is 0.191. The van der Waals surface area contributed by atoms with Gasteiger partial charge in [0.15, 0.2) is 21.5 Å². The summed E-state index contributed by atoms with van der Waals surface area (Å²) in [6.45, 7) is 1.49. The van der Waals surface area contributed by atoms with E-state index in [9.17, 15) is 14.4 Å². The summed E-state index contributed by atoms with van der Waals surface area (Å²) >= 11 is 2.57. The maximum atomic E-state index is 13.5. The number of rotatable bonds is 7. The Morgan fingerprint density at radius 3 is 2.53 bits per heavy atom. The largest absolute Gasteiger partial charge is 0.493 e. The molecule has 4 aromatic rings. The van der Waals surface area contributed by atoms with E-state index in [1.54, 1.807) is 30.3 Å². The van der Waals surface area contributed by atoms with Gasteiger partial charge in [-0.2, -0.15) is 0 Å². The van der Waals surface area contributed by atoms with E-state index in [4.69, 9.17) is 9.47 Å². The number of aryl methyl sites for hydroxylation is 1. The minimum atomic E-state index is -0.632. The number of nitrogens with zero attached hydrogens (tertiary/aromatic N) is 3. The maximum absolute atomic E-state index is 13.5. The van der Waals surface area contributed by atoms with E-state index >= 15 is 0 Å². The lowest BCUT2D eigenvalue weighted by Gasteiger charge is -2.14. The lowest BCUT2D eigenvalue weighted by Crippen LogP contribution is -2.40. The standard InChI is InChI=1S/C23H22N4O5S2/c1-13-7-5-6-8-15(13)27-21(29)19-20(25-22(33-4)34-19)26(23(27)30)12-18(28)24-14-9-10-16(31-2)17(11-14)32-3/h5-11H,12H2,1-4H3,(H,24,28). The van der Waals surface area contributed by atoms with E-state index in [1.807, 2.05) is 25.3 Å². The monoisotopic (exact) mass is 498 g/mol. The van der Waals surface area contributed by atoms with Crippen molar-refractivity contribution in [1.29, 1.82) is 0 Å². The van der Waals surface area contributed by atoms with Crippen LogP contribution in [-0.2, 0) is 11.3 Å². The molecule has 0 aliphatic carbocycles. The number of hydrogen-bond acceptors (Lipinski definition) is 8. The van der Waals surface area contributed by atoms with Crippen LogP contribution in [0.4, 0.5) is 5.69 Å². The fourth-order valence-electron chi connectivity index (χ4n) is 3.53. The molecule has 2 heterocycles. The first-order valence-corrected chi connectivity index (χ1v) is 12.2. The first-order valence-electron chi connectivity index (χ1n) is 10.2. The van der Waals surface area contributed by atoms with Gasteiger partial charge in [0.25, 0.3) is 5.56 Å². The second-order valence-corrected chi connectivity index (χ2v) is 9.30. The van der Waals surface area contributed by atoms with Gasteiger partial charge < -0.3 is 14.8 Å². The van der Waals surface area contributed by atoms with Crippen LogP contribution in [0.1, 0.15) is 5.56 Å². The summed E-state index contributed by atoms with van der Waals surface area (Å²) in [5, 5.41) is 2.76. The molecule has 4 rings (SSSR count). The van der Waals surface area contributed by atoms with Crippen molar-refractivity contribution in [3.05, 3.63) is 68.9 Å². The number of anilines is 1. The lowest BCUT2D eigenvalue weighted by molar-refractivity contribution is -0.116. The molecule has 0 saturated heterocycles. The molecule has 0 bridgehead atoms. The number of nitrogens with one attached hydrogen (secondary N) is 1. The Morgan fingerprint density at radius 2 is 1.85 bits per heavy atom. The van der Waals surface area contributed by atoms with Gasteiger partial charge in [-0.25, -0.2) is 14.3 Å². The summed E-state index contributed by atoms with van der Waals surface area (Å²) in [6.07, 6.45) is 1.84. The van der Waals surface area contributed by atoms with Gasteiger partial charge in [-0.05, 0) is 36.9 Å². The van der Waals surface area contributed by atoms with Gasteiger partial charge in [-0.3, -0.25) is 14.2 Å². The van der Waals surface area contributed by atoms with Gasteiger partial charge in [0.05, 0.1) is 19.9 Å². The third kappa shape index (κ3) is 4.31. The van der Waals surface area contributed by atoms with E-state index in [1.165, 1.54) is 41.9 Å². The predicted octanol–water partition coefficient (Wildman–Crippen LogP) is 3.30. The van der Waals surface area contributed by atoms with Gasteiger partial charge in [-0.1, -0.05) is 30.0 Å². The number of fused-ring (bicyclic) bond motifs is 1. The van der Waals surface area contributed by atoms with E-state index < -0.39 is 17.2 Å². The van der Waals surface area contributed by atoms with Gasteiger partial charge in [-0.15, -0.1) is 11.3 Å². The van der Waals surface area contributed by atoms with Gasteiger partial charge in [0.1, 0.15) is 11.2 Å². The van der Waals surface area contributed by atoms with Crippen molar-refractivity contribution in [1.82, 2.24) is 14.1 Å². The molecule has 0 aliphatic heterocycles. The van der Waals surface area contributed by atoms with E-state index in [-0.39, 0.29) is 12.2 Å². The highest BCUT2D eigenvalue weighted by molar-refractivity contribution is 8.00. The third-order valence-corrected chi connectivity index (χ3v) is 7.18. The van der Waals surface area contributed by atoms with Gasteiger partial charge in [0, 0.05) is 11.8 Å². The molecule has 0 aliphatic rings. The lowest BCUT2D eigenvalue weighted by atomic mass is 10.2. The number of methoxy groups -OCH3 is 2. The van der Waals surface area contributed by atoms with Crippen LogP contribution >= 0.6 is 23.1 Å². The molecule has 1 amide bonds. The van der Waals surface area contributed by atoms with Crippen molar-refractivity contribution in [3.8, 4) is 17.2 Å². The molecule has 176 valence electrons. The Kier molecular flexibility index (Phi) is 6.75. The summed E-state index contributed by atoms with van der Waals surface area (Å²) in [4.78, 5) is 44.2. The summed E-state index contributed by atoms with van der Waals surface area (Å²) in [5.74, 6) is 0.525. The molecule has 1 N–H and O–H groups in total. The summed E-state index contributed by atoms with van der Waals surface area (Å²) in [7, 11) is 3.02. The van der Waals surface area contributed by atoms with Crippen molar-refractivity contribution >= 4 is 45.0 Å². The van der Waals surface area contributed by atoms with E-state index in [2.05, 4.69) is 10.3 Å². The van der Waals surface area contributed by atoms with Crippen LogP contribution in [0.2, 0.25) is 0 Å². The molecular weight excluding hydrogens is 476 g/mol. The predicted molar refractivity (Wildman–Crippen MR) is 134 cm³/mol. The topological polar surface area (TPSA) is 104 Å². The zero-order valence-corrected chi connectivity index (χ0v) is 20.6. The van der Waals surface area contributed by atoms with Gasteiger partial charge in [0.2, 0.25) is 5.91 Å². The number of amides is 1. The number of hydrogen-bond donors (Lipinski definition) is 1. The van der Waals surface area contributed by atoms with E-state index in [0.717, 1.165) is 10.1 Å². The molecular formula is C23H22N4O5S2. The number of thioether (sulfide) groups is 1. The molecule has 0 saturated carbocycles. The molecule has 0 fully saturated rings. The molecule has 0 unspecified atom stereocenters. The van der Waals surface area contributed by atoms with Crippen LogP contribution in [0.5, 0.6) is 11.5 Å². The first kappa shape index (κ1) is 23.6. The molecule has 2 aromatic heterocycles. The number of benzene rings is 2. The van der Waals surface area contributed by atoms with Gasteiger partial charge >= 0.3 is 5.69 Å². The molecule has 34 heavy (non-hydrogen) atoms. The van der Waals surface area contributed by atoms with Crippen molar-refractivity contribution in [2.24, 2.45) is 0 Å². The maximum Gasteiger partial charge on any atom is 0.337 e. The second kappa shape index (κ2) is 9.74. The average Bonchev–Trinajstić information content (AvgIpc) is 3.28. The zero-order chi connectivity index (χ0) is 24.4. The fraction of sp³-hybridized carbons (Fsp3) is 0.217. The van der Waals surface area contributed by atoms with Crippen LogP contribution in [-0.4, -0.2) is 40.5 Å². The van der Waals surface area contributed by atoms with Crippen LogP contribution < -0.4 is 26.0 Å². The normalized spacial score (nSPS) is 10.9. The highest BCUT2D eigenvalue weighted by Crippen LogP contribution is 2.30. The van der Waals surface area contributed by atoms with Crippen molar-refractivity contribution in [2.45, 2.75) is 17.8 Å². The Balaban J connectivity index is 1.80. The SMILES string of the molecule is COc1ccc(NC(=O)Cn2c(=O)n(-c3ccccc3C)c(=O)c3sc(SC)nc32)cc1OC. The number of carbonyl (C=O) groups is 1. The number of thiazole rings is 1. The molecule has 0 radical (unpaired) electrons. The second-order valence-electron chi connectivity index (χ2n) is 7.25. The number of carbonyl (C=O) groups excluding carboxylic acids is 1. The Bertz CT molecular complexity index is 1510. The highest BCUT2D eigenvalue weighted by atomic mass is 32.2. The smallest absolute Gasteiger partial charge is 0.337 e. The van der Waals surface area contributed by atoms with Crippen molar-refractivity contribution < 1.29 is 14.3 Å². The minimum Gasteiger partial charge on any atom is -0.493 e. The third-order valence-electron chi connectivity index (χ3n) is 5.16. The molecule has 2 aromatic carbocycles. The first-order chi connectivity index (χ1) is 16.4. The number of aromatic nitrogens is 3. The summed E-state index contributed by atoms with van der Waals surface area (Å²) in [5.41, 5.74) is 0.805. The molecule has 9 nitrogen and oxygen atoms in total. The molecule has 0 spiro atoms. The molecule has 0 atom stereocenters. The average molecular weight is 499 g/mol. The summed E-state index contributed by atoms with van der Waals surface area (Å²) < 4.78 is 13.8. The van der Waals surface area contributed by atoms with Crippen molar-refractivity contribution in [3.63, 3.8) is 0 Å². The van der Waals surface area contributed by atoms with Crippen molar-refractivity contribution in [2.75, 3.05) is 25.8 Å². The van der Waals surface area contributed by atoms with E-state index in [0.29, 0.717) is 31.9 Å². The Labute approximate surface area is 203 Å². The quantitative estimate of drug-likeness (QED) is 0.390. The fourth-order valence-corrected chi connectivity index (χ4v) is 5.02. The van der Waals surface area contributed by atoms with Crippen LogP contribution in [0.25, 0.3) is 16.0 Å². The number of ether oxygens (including phenoxy) is 2. The van der Waals surface area contributed by atoms with Crippen LogP contribution in [0, 0.1) is 6.92 Å².